The summed E-state index contributed by atoms with van der Waals surface area (Å²) in [5.41, 5.74) is -0.310. The molecule has 0 saturated carbocycles. The smallest absolute Gasteiger partial charge is 0.329 e. The molecular weight excluding hydrogens is 280 g/mol. The average Bonchev–Trinajstić information content (AvgIpc) is 2.34. The maximum absolute atomic E-state index is 11.6. The fourth-order valence-electron chi connectivity index (χ4n) is 2.05. The van der Waals surface area contributed by atoms with Crippen molar-refractivity contribution in [1.82, 2.24) is 9.47 Å². The molecular formula is C13H20N2O6. The Bertz CT molecular complexity index is 554. The number of aliphatic hydroxyl groups is 2. The molecule has 0 saturated heterocycles. The van der Waals surface area contributed by atoms with Gasteiger partial charge < -0.3 is 25.0 Å². The van der Waals surface area contributed by atoms with E-state index in [1.807, 2.05) is 0 Å². The van der Waals surface area contributed by atoms with Crippen molar-refractivity contribution < 1.29 is 25.2 Å². The Kier molecular flexibility index (Phi) is 5.89. The van der Waals surface area contributed by atoms with Gasteiger partial charge in [-0.05, 0) is 14.0 Å². The number of carboxylic acid groups (broad SMARTS) is 1. The summed E-state index contributed by atoms with van der Waals surface area (Å²) >= 11 is 0. The van der Waals surface area contributed by atoms with Crippen molar-refractivity contribution in [3.63, 3.8) is 0 Å². The summed E-state index contributed by atoms with van der Waals surface area (Å²) in [7, 11) is 1.69. The number of aliphatic carboxylic acids is 1. The van der Waals surface area contributed by atoms with Crippen molar-refractivity contribution in [2.24, 2.45) is 0 Å². The molecule has 8 heteroatoms. The van der Waals surface area contributed by atoms with Crippen LogP contribution in [0.2, 0.25) is 0 Å². The third kappa shape index (κ3) is 4.28. The number of hydrogen-bond donors (Lipinski definition) is 4. The lowest BCUT2D eigenvalue weighted by Crippen LogP contribution is -2.33. The third-order valence-electron chi connectivity index (χ3n) is 3.07. The van der Waals surface area contributed by atoms with Crippen LogP contribution in [0.5, 0.6) is 5.75 Å². The number of nitrogens with zero attached hydrogens (tertiary/aromatic N) is 2. The average molecular weight is 300 g/mol. The van der Waals surface area contributed by atoms with E-state index in [0.717, 1.165) is 16.8 Å². The summed E-state index contributed by atoms with van der Waals surface area (Å²) in [4.78, 5) is 24.5. The molecule has 2 unspecified atom stereocenters. The van der Waals surface area contributed by atoms with Crippen LogP contribution in [0, 0.1) is 0 Å². The molecule has 1 aromatic rings. The van der Waals surface area contributed by atoms with Crippen LogP contribution in [0.4, 0.5) is 0 Å². The van der Waals surface area contributed by atoms with Gasteiger partial charge in [0.2, 0.25) is 5.43 Å². The summed E-state index contributed by atoms with van der Waals surface area (Å²) in [6, 6.07) is -0.198. The largest absolute Gasteiger partial charge is 0.503 e. The quantitative estimate of drug-likeness (QED) is 0.508. The van der Waals surface area contributed by atoms with Crippen LogP contribution < -0.4 is 5.43 Å². The van der Waals surface area contributed by atoms with Gasteiger partial charge in [-0.15, -0.1) is 0 Å². The first kappa shape index (κ1) is 17.2. The van der Waals surface area contributed by atoms with Crippen LogP contribution in [-0.2, 0) is 11.3 Å². The van der Waals surface area contributed by atoms with Gasteiger partial charge in [-0.3, -0.25) is 9.69 Å². The molecule has 0 radical (unpaired) electrons. The van der Waals surface area contributed by atoms with Crippen molar-refractivity contribution in [2.45, 2.75) is 25.6 Å². The molecule has 0 aliphatic carbocycles. The molecule has 0 aliphatic heterocycles. The second-order valence-electron chi connectivity index (χ2n) is 4.91. The highest BCUT2D eigenvalue weighted by Crippen LogP contribution is 2.18. The predicted molar refractivity (Wildman–Crippen MR) is 74.1 cm³/mol. The summed E-state index contributed by atoms with van der Waals surface area (Å²) in [6.45, 7) is 1.75. The second-order valence-corrected chi connectivity index (χ2v) is 4.91. The minimum absolute atomic E-state index is 0.0857. The second kappa shape index (κ2) is 7.21. The Labute approximate surface area is 121 Å². The lowest BCUT2D eigenvalue weighted by Gasteiger charge is -2.25. The number of aromatic hydroxyl groups is 1. The number of aromatic nitrogens is 1. The molecule has 2 atom stereocenters. The molecule has 0 aliphatic rings. The van der Waals surface area contributed by atoms with Crippen molar-refractivity contribution >= 4 is 5.97 Å². The molecule has 0 bridgehead atoms. The van der Waals surface area contributed by atoms with Crippen LogP contribution in [0.1, 0.15) is 18.7 Å². The molecule has 1 rings (SSSR count). The van der Waals surface area contributed by atoms with Gasteiger partial charge in [0, 0.05) is 24.8 Å². The van der Waals surface area contributed by atoms with Crippen molar-refractivity contribution in [3.05, 3.63) is 28.2 Å². The molecule has 0 aromatic carbocycles. The van der Waals surface area contributed by atoms with Crippen molar-refractivity contribution in [3.8, 4) is 5.75 Å². The number of pyridine rings is 1. The molecule has 0 fully saturated rings. The first-order valence-corrected chi connectivity index (χ1v) is 6.42. The normalized spacial score (nSPS) is 14.1. The lowest BCUT2D eigenvalue weighted by atomic mass is 10.1. The number of carboxylic acids is 1. The number of carbonyl (C=O) groups is 1. The van der Waals surface area contributed by atoms with E-state index in [2.05, 4.69) is 0 Å². The Hall–Kier alpha value is -1.90. The summed E-state index contributed by atoms with van der Waals surface area (Å²) in [5.74, 6) is -1.87. The maximum Gasteiger partial charge on any atom is 0.329 e. The van der Waals surface area contributed by atoms with E-state index in [1.165, 1.54) is 6.92 Å². The topological polar surface area (TPSA) is 123 Å². The van der Waals surface area contributed by atoms with E-state index in [9.17, 15) is 24.9 Å². The van der Waals surface area contributed by atoms with E-state index >= 15 is 0 Å². The molecule has 21 heavy (non-hydrogen) atoms. The fourth-order valence-corrected chi connectivity index (χ4v) is 2.05. The SMILES string of the molecule is CC(O)C(C(=O)O)n1cc(O)c(=O)cc1CN(C)CCO. The minimum atomic E-state index is -1.32. The van der Waals surface area contributed by atoms with Crippen LogP contribution in [0.15, 0.2) is 17.1 Å². The minimum Gasteiger partial charge on any atom is -0.503 e. The Morgan fingerprint density at radius 2 is 2.10 bits per heavy atom. The number of likely N-dealkylation sites (N-methyl/N-ethyl adjacent to an activating group) is 1. The van der Waals surface area contributed by atoms with Gasteiger partial charge in [0.15, 0.2) is 11.8 Å². The Balaban J connectivity index is 3.31. The highest BCUT2D eigenvalue weighted by Gasteiger charge is 2.27. The summed E-state index contributed by atoms with van der Waals surface area (Å²) < 4.78 is 1.16. The van der Waals surface area contributed by atoms with Gasteiger partial charge in [-0.2, -0.15) is 0 Å². The van der Waals surface area contributed by atoms with E-state index in [0.29, 0.717) is 12.2 Å². The zero-order valence-corrected chi connectivity index (χ0v) is 11.9. The fraction of sp³-hybridized carbons (Fsp3) is 0.538. The molecule has 1 aromatic heterocycles. The van der Waals surface area contributed by atoms with Crippen molar-refractivity contribution in [1.29, 1.82) is 0 Å². The summed E-state index contributed by atoms with van der Waals surface area (Å²) in [6.07, 6.45) is -0.207. The standard InChI is InChI=1S/C13H20N2O6/c1-8(17)12(13(20)21)15-7-11(19)10(18)5-9(15)6-14(2)3-4-16/h5,7-8,12,16-17,19H,3-4,6H2,1-2H3,(H,20,21). The molecule has 1 heterocycles. The number of hydrogen-bond acceptors (Lipinski definition) is 6. The van der Waals surface area contributed by atoms with Crippen LogP contribution in [-0.4, -0.2) is 62.2 Å². The van der Waals surface area contributed by atoms with Crippen LogP contribution in [0.25, 0.3) is 0 Å². The molecule has 4 N–H and O–H groups in total. The zero-order chi connectivity index (χ0) is 16.2. The zero-order valence-electron chi connectivity index (χ0n) is 11.9. The van der Waals surface area contributed by atoms with Gasteiger partial charge >= 0.3 is 5.97 Å². The molecule has 8 nitrogen and oxygen atoms in total. The number of aliphatic hydroxyl groups excluding tert-OH is 2. The van der Waals surface area contributed by atoms with Gasteiger partial charge in [-0.1, -0.05) is 0 Å². The molecule has 0 amide bonds. The van der Waals surface area contributed by atoms with Crippen molar-refractivity contribution in [2.75, 3.05) is 20.2 Å². The van der Waals surface area contributed by atoms with Gasteiger partial charge in [-0.25, -0.2) is 4.79 Å². The van der Waals surface area contributed by atoms with Gasteiger partial charge in [0.1, 0.15) is 0 Å². The molecule has 0 spiro atoms. The number of rotatable bonds is 7. The maximum atomic E-state index is 11.6. The highest BCUT2D eigenvalue weighted by atomic mass is 16.4. The van der Waals surface area contributed by atoms with Gasteiger partial charge in [0.05, 0.1) is 18.9 Å². The van der Waals surface area contributed by atoms with E-state index in [4.69, 9.17) is 5.11 Å². The predicted octanol–water partition coefficient (Wildman–Crippen LogP) is -1.02. The highest BCUT2D eigenvalue weighted by molar-refractivity contribution is 5.72. The van der Waals surface area contributed by atoms with Gasteiger partial charge in [0.25, 0.3) is 0 Å². The van der Waals surface area contributed by atoms with E-state index < -0.39 is 29.3 Å². The molecule has 118 valence electrons. The van der Waals surface area contributed by atoms with E-state index in [1.54, 1.807) is 11.9 Å². The van der Waals surface area contributed by atoms with Crippen LogP contribution in [0.3, 0.4) is 0 Å². The summed E-state index contributed by atoms with van der Waals surface area (Å²) in [5, 5.41) is 37.3. The Morgan fingerprint density at radius 3 is 2.57 bits per heavy atom. The third-order valence-corrected chi connectivity index (χ3v) is 3.07. The Morgan fingerprint density at radius 1 is 1.48 bits per heavy atom. The first-order valence-electron chi connectivity index (χ1n) is 6.42. The first-order chi connectivity index (χ1) is 9.77. The van der Waals surface area contributed by atoms with E-state index in [-0.39, 0.29) is 13.2 Å². The lowest BCUT2D eigenvalue weighted by molar-refractivity contribution is -0.144. The monoisotopic (exact) mass is 300 g/mol. The van der Waals surface area contributed by atoms with Crippen LogP contribution >= 0.6 is 0 Å².